The zero-order chi connectivity index (χ0) is 12.0. The van der Waals surface area contributed by atoms with E-state index in [0.29, 0.717) is 12.1 Å². The molecular weight excluding hydrogens is 196 g/mol. The summed E-state index contributed by atoms with van der Waals surface area (Å²) < 4.78 is 0. The van der Waals surface area contributed by atoms with Crippen molar-refractivity contribution in [2.24, 2.45) is 5.92 Å². The van der Waals surface area contributed by atoms with Gasteiger partial charge in [-0.2, -0.15) is 5.26 Å². The maximum Gasteiger partial charge on any atom is 0.0672 e. The maximum atomic E-state index is 9.16. The van der Waals surface area contributed by atoms with Gasteiger partial charge in [0.2, 0.25) is 0 Å². The minimum absolute atomic E-state index is 0.282. The molecule has 0 amide bonds. The Morgan fingerprint density at radius 2 is 2.06 bits per heavy atom. The molecule has 0 saturated heterocycles. The lowest BCUT2D eigenvalue weighted by Crippen LogP contribution is -2.42. The fraction of sp³-hybridized carbons (Fsp3) is 0.929. The third-order valence-electron chi connectivity index (χ3n) is 3.75. The summed E-state index contributed by atoms with van der Waals surface area (Å²) in [4.78, 5) is 2.57. The zero-order valence-corrected chi connectivity index (χ0v) is 11.1. The van der Waals surface area contributed by atoms with Crippen molar-refractivity contribution < 1.29 is 0 Å². The molecular formula is C14H26N2. The quantitative estimate of drug-likeness (QED) is 0.642. The van der Waals surface area contributed by atoms with Crippen molar-refractivity contribution in [3.63, 3.8) is 0 Å². The van der Waals surface area contributed by atoms with Crippen molar-refractivity contribution in [1.82, 2.24) is 4.90 Å². The van der Waals surface area contributed by atoms with E-state index < -0.39 is 0 Å². The van der Waals surface area contributed by atoms with E-state index in [-0.39, 0.29) is 5.92 Å². The molecule has 1 rings (SSSR count). The van der Waals surface area contributed by atoms with Crippen LogP contribution in [-0.4, -0.2) is 23.5 Å². The van der Waals surface area contributed by atoms with Gasteiger partial charge in [-0.05, 0) is 39.7 Å². The minimum Gasteiger partial charge on any atom is -0.297 e. The Balaban J connectivity index is 2.52. The van der Waals surface area contributed by atoms with Gasteiger partial charge in [0, 0.05) is 12.1 Å². The van der Waals surface area contributed by atoms with Crippen molar-refractivity contribution in [1.29, 1.82) is 5.26 Å². The Hall–Kier alpha value is -0.550. The monoisotopic (exact) mass is 222 g/mol. The van der Waals surface area contributed by atoms with Crippen molar-refractivity contribution in [3.8, 4) is 6.07 Å². The highest BCUT2D eigenvalue weighted by atomic mass is 15.2. The first-order chi connectivity index (χ1) is 7.70. The van der Waals surface area contributed by atoms with Crippen LogP contribution in [0.3, 0.4) is 0 Å². The number of nitrogens with zero attached hydrogens (tertiary/aromatic N) is 2. The maximum absolute atomic E-state index is 9.16. The van der Waals surface area contributed by atoms with E-state index in [4.69, 9.17) is 5.26 Å². The molecule has 0 aromatic heterocycles. The molecule has 92 valence electrons. The highest BCUT2D eigenvalue weighted by molar-refractivity contribution is 4.98. The van der Waals surface area contributed by atoms with Crippen LogP contribution in [0.1, 0.15) is 59.3 Å². The molecule has 2 atom stereocenters. The van der Waals surface area contributed by atoms with Gasteiger partial charge in [0.25, 0.3) is 0 Å². The lowest BCUT2D eigenvalue weighted by atomic mass is 10.0. The van der Waals surface area contributed by atoms with Crippen LogP contribution in [0.4, 0.5) is 0 Å². The lowest BCUT2D eigenvalue weighted by Gasteiger charge is -2.34. The van der Waals surface area contributed by atoms with E-state index in [1.807, 2.05) is 0 Å². The van der Waals surface area contributed by atoms with Crippen LogP contribution in [0.15, 0.2) is 0 Å². The van der Waals surface area contributed by atoms with Crippen LogP contribution in [0.2, 0.25) is 0 Å². The third kappa shape index (κ3) is 3.49. The average Bonchev–Trinajstić information content (AvgIpc) is 2.71. The Labute approximate surface area is 101 Å². The van der Waals surface area contributed by atoms with Gasteiger partial charge in [0.05, 0.1) is 12.0 Å². The first kappa shape index (κ1) is 13.5. The number of rotatable bonds is 6. The summed E-state index contributed by atoms with van der Waals surface area (Å²) in [5, 5.41) is 9.16. The van der Waals surface area contributed by atoms with Crippen LogP contribution in [0.25, 0.3) is 0 Å². The molecule has 0 aliphatic heterocycles. The Kier molecular flexibility index (Phi) is 5.84. The minimum atomic E-state index is 0.282. The van der Waals surface area contributed by atoms with Gasteiger partial charge in [0.1, 0.15) is 0 Å². The summed E-state index contributed by atoms with van der Waals surface area (Å²) in [5.41, 5.74) is 0. The summed E-state index contributed by atoms with van der Waals surface area (Å²) in [7, 11) is 0. The first-order valence-corrected chi connectivity index (χ1v) is 6.86. The van der Waals surface area contributed by atoms with Crippen molar-refractivity contribution >= 4 is 0 Å². The van der Waals surface area contributed by atoms with Gasteiger partial charge in [0.15, 0.2) is 0 Å². The van der Waals surface area contributed by atoms with Crippen LogP contribution in [-0.2, 0) is 0 Å². The van der Waals surface area contributed by atoms with E-state index in [9.17, 15) is 0 Å². The molecule has 0 bridgehead atoms. The standard InChI is InChI=1S/C14H26N2/c1-4-5-6-10-16(12(2)3)14-9-7-8-13(14)11-15/h12-14H,4-10H2,1-3H3. The summed E-state index contributed by atoms with van der Waals surface area (Å²) in [6.07, 6.45) is 7.44. The third-order valence-corrected chi connectivity index (χ3v) is 3.75. The van der Waals surface area contributed by atoms with Crippen LogP contribution in [0.5, 0.6) is 0 Å². The van der Waals surface area contributed by atoms with Crippen molar-refractivity contribution in [3.05, 3.63) is 0 Å². The predicted octanol–water partition coefficient (Wildman–Crippen LogP) is 3.58. The molecule has 0 radical (unpaired) electrons. The van der Waals surface area contributed by atoms with E-state index >= 15 is 0 Å². The fourth-order valence-electron chi connectivity index (χ4n) is 2.84. The molecule has 0 heterocycles. The van der Waals surface area contributed by atoms with E-state index in [1.165, 1.54) is 38.6 Å². The van der Waals surface area contributed by atoms with Crippen LogP contribution in [0, 0.1) is 17.2 Å². The highest BCUT2D eigenvalue weighted by Crippen LogP contribution is 2.30. The molecule has 2 nitrogen and oxygen atoms in total. The summed E-state index contributed by atoms with van der Waals surface area (Å²) >= 11 is 0. The Morgan fingerprint density at radius 3 is 2.62 bits per heavy atom. The first-order valence-electron chi connectivity index (χ1n) is 6.86. The molecule has 16 heavy (non-hydrogen) atoms. The van der Waals surface area contributed by atoms with Gasteiger partial charge < -0.3 is 0 Å². The largest absolute Gasteiger partial charge is 0.297 e. The smallest absolute Gasteiger partial charge is 0.0672 e. The van der Waals surface area contributed by atoms with Gasteiger partial charge in [-0.25, -0.2) is 0 Å². The number of unbranched alkanes of at least 4 members (excludes halogenated alkanes) is 2. The molecule has 0 aromatic carbocycles. The second kappa shape index (κ2) is 6.91. The van der Waals surface area contributed by atoms with E-state index in [1.54, 1.807) is 0 Å². The fourth-order valence-corrected chi connectivity index (χ4v) is 2.84. The van der Waals surface area contributed by atoms with Crippen molar-refractivity contribution in [2.75, 3.05) is 6.54 Å². The summed E-state index contributed by atoms with van der Waals surface area (Å²) in [5.74, 6) is 0.282. The average molecular weight is 222 g/mol. The van der Waals surface area contributed by atoms with Gasteiger partial charge in [-0.1, -0.05) is 26.2 Å². The molecule has 1 aliphatic carbocycles. The van der Waals surface area contributed by atoms with Crippen LogP contribution < -0.4 is 0 Å². The van der Waals surface area contributed by atoms with E-state index in [0.717, 1.165) is 6.42 Å². The Morgan fingerprint density at radius 1 is 1.31 bits per heavy atom. The zero-order valence-electron chi connectivity index (χ0n) is 11.1. The van der Waals surface area contributed by atoms with Gasteiger partial charge >= 0.3 is 0 Å². The number of hydrogen-bond donors (Lipinski definition) is 0. The molecule has 0 spiro atoms. The second-order valence-corrected chi connectivity index (χ2v) is 5.27. The Bertz CT molecular complexity index is 229. The van der Waals surface area contributed by atoms with Gasteiger partial charge in [-0.3, -0.25) is 4.90 Å². The molecule has 1 saturated carbocycles. The molecule has 1 aliphatic rings. The normalized spacial score (nSPS) is 25.2. The second-order valence-electron chi connectivity index (χ2n) is 5.27. The molecule has 1 fully saturated rings. The topological polar surface area (TPSA) is 27.0 Å². The molecule has 0 aromatic rings. The predicted molar refractivity (Wildman–Crippen MR) is 68.1 cm³/mol. The van der Waals surface area contributed by atoms with Crippen LogP contribution >= 0.6 is 0 Å². The molecule has 2 heteroatoms. The number of hydrogen-bond acceptors (Lipinski definition) is 2. The summed E-state index contributed by atoms with van der Waals surface area (Å²) in [6, 6.07) is 3.61. The molecule has 0 N–H and O–H groups in total. The lowest BCUT2D eigenvalue weighted by molar-refractivity contribution is 0.135. The molecule has 2 unspecified atom stereocenters. The van der Waals surface area contributed by atoms with Crippen molar-refractivity contribution in [2.45, 2.75) is 71.4 Å². The van der Waals surface area contributed by atoms with Gasteiger partial charge in [-0.15, -0.1) is 0 Å². The van der Waals surface area contributed by atoms with E-state index in [2.05, 4.69) is 31.7 Å². The summed E-state index contributed by atoms with van der Waals surface area (Å²) in [6.45, 7) is 7.94. The number of nitriles is 1. The SMILES string of the molecule is CCCCCN(C(C)C)C1CCCC1C#N. The highest BCUT2D eigenvalue weighted by Gasteiger charge is 2.32.